The van der Waals surface area contributed by atoms with Crippen LogP contribution in [0.25, 0.3) is 0 Å². The molecule has 0 saturated heterocycles. The van der Waals surface area contributed by atoms with Gasteiger partial charge in [0.1, 0.15) is 0 Å². The first-order chi connectivity index (χ1) is 9.22. The molecule has 0 unspecified atom stereocenters. The van der Waals surface area contributed by atoms with Gasteiger partial charge in [-0.15, -0.1) is 0 Å². The number of amides is 1. The van der Waals surface area contributed by atoms with E-state index in [1.165, 1.54) is 0 Å². The van der Waals surface area contributed by atoms with Crippen LogP contribution in [0, 0.1) is 0 Å². The number of alkyl halides is 3. The lowest BCUT2D eigenvalue weighted by Crippen LogP contribution is -2.54. The van der Waals surface area contributed by atoms with Crippen LogP contribution in [0.2, 0.25) is 0 Å². The van der Waals surface area contributed by atoms with Gasteiger partial charge in [-0.3, -0.25) is 9.59 Å². The van der Waals surface area contributed by atoms with E-state index in [1.807, 2.05) is 5.32 Å². The Morgan fingerprint density at radius 3 is 2.10 bits per heavy atom. The number of fused-ring (bicyclic) bond motifs is 1. The molecule has 1 aromatic rings. The highest BCUT2D eigenvalue weighted by Crippen LogP contribution is 2.33. The van der Waals surface area contributed by atoms with Gasteiger partial charge in [-0.1, -0.05) is 24.3 Å². The fourth-order valence-corrected chi connectivity index (χ4v) is 2.55. The molecular formula is C13H12F3NO3. The van der Waals surface area contributed by atoms with E-state index in [2.05, 4.69) is 0 Å². The van der Waals surface area contributed by atoms with Gasteiger partial charge in [0.15, 0.2) is 0 Å². The van der Waals surface area contributed by atoms with E-state index in [4.69, 9.17) is 5.11 Å². The number of halogens is 3. The van der Waals surface area contributed by atoms with Crippen LogP contribution in [0.1, 0.15) is 17.5 Å². The number of hydrogen-bond donors (Lipinski definition) is 2. The highest BCUT2D eigenvalue weighted by atomic mass is 19.4. The van der Waals surface area contributed by atoms with Crippen molar-refractivity contribution in [1.29, 1.82) is 0 Å². The quantitative estimate of drug-likeness (QED) is 0.889. The number of rotatable bonds is 3. The van der Waals surface area contributed by atoms with Crippen LogP contribution < -0.4 is 5.32 Å². The smallest absolute Gasteiger partial charge is 0.471 e. The van der Waals surface area contributed by atoms with E-state index in [0.29, 0.717) is 0 Å². The number of carbonyl (C=O) groups is 2. The fraction of sp³-hybridized carbons (Fsp3) is 0.385. The van der Waals surface area contributed by atoms with Crippen molar-refractivity contribution in [3.8, 4) is 0 Å². The molecule has 1 aliphatic rings. The molecule has 0 heterocycles. The molecule has 1 aromatic carbocycles. The van der Waals surface area contributed by atoms with Crippen LogP contribution in [-0.4, -0.2) is 28.7 Å². The predicted molar refractivity (Wildman–Crippen MR) is 63.0 cm³/mol. The minimum absolute atomic E-state index is 0.0806. The van der Waals surface area contributed by atoms with E-state index in [9.17, 15) is 22.8 Å². The summed E-state index contributed by atoms with van der Waals surface area (Å²) in [7, 11) is 0. The average molecular weight is 287 g/mol. The number of carboxylic acids is 1. The zero-order valence-electron chi connectivity index (χ0n) is 10.3. The molecule has 0 saturated carbocycles. The Hall–Kier alpha value is -2.05. The van der Waals surface area contributed by atoms with Crippen molar-refractivity contribution in [1.82, 2.24) is 5.32 Å². The van der Waals surface area contributed by atoms with Crippen molar-refractivity contribution in [3.05, 3.63) is 35.4 Å². The molecule has 4 nitrogen and oxygen atoms in total. The first kappa shape index (κ1) is 14.4. The molecule has 0 bridgehead atoms. The monoisotopic (exact) mass is 287 g/mol. The molecule has 0 radical (unpaired) electrons. The largest absolute Gasteiger partial charge is 0.481 e. The number of nitrogens with one attached hydrogen (secondary N) is 1. The second-order valence-corrected chi connectivity index (χ2v) is 4.92. The van der Waals surface area contributed by atoms with Crippen LogP contribution in [0.3, 0.4) is 0 Å². The minimum Gasteiger partial charge on any atom is -0.481 e. The van der Waals surface area contributed by atoms with Gasteiger partial charge in [0.25, 0.3) is 0 Å². The summed E-state index contributed by atoms with van der Waals surface area (Å²) in [4.78, 5) is 22.0. The molecule has 108 valence electrons. The van der Waals surface area contributed by atoms with E-state index in [-0.39, 0.29) is 12.8 Å². The van der Waals surface area contributed by atoms with E-state index in [1.54, 1.807) is 24.3 Å². The Morgan fingerprint density at radius 1 is 1.20 bits per heavy atom. The molecule has 2 N–H and O–H groups in total. The Kier molecular flexibility index (Phi) is 3.45. The van der Waals surface area contributed by atoms with Crippen LogP contribution in [-0.2, 0) is 22.4 Å². The Balaban J connectivity index is 2.26. The van der Waals surface area contributed by atoms with Crippen LogP contribution in [0.5, 0.6) is 0 Å². The summed E-state index contributed by atoms with van der Waals surface area (Å²) < 4.78 is 37.1. The molecule has 0 aromatic heterocycles. The molecule has 0 atom stereocenters. The molecule has 0 spiro atoms. The number of hydrogen-bond acceptors (Lipinski definition) is 2. The van der Waals surface area contributed by atoms with Gasteiger partial charge in [0.2, 0.25) is 0 Å². The summed E-state index contributed by atoms with van der Waals surface area (Å²) in [6.07, 6.45) is -5.42. The molecule has 0 aliphatic heterocycles. The topological polar surface area (TPSA) is 66.4 Å². The third kappa shape index (κ3) is 2.92. The fourth-order valence-electron chi connectivity index (χ4n) is 2.55. The summed E-state index contributed by atoms with van der Waals surface area (Å²) in [6, 6.07) is 6.89. The standard InChI is InChI=1S/C13H12F3NO3/c14-13(15,16)11(20)17-12(7-10(18)19)5-8-3-1-2-4-9(8)6-12/h1-4H,5-7H2,(H,17,20)(H,18,19). The van der Waals surface area contributed by atoms with Crippen molar-refractivity contribution in [2.75, 3.05) is 0 Å². The van der Waals surface area contributed by atoms with Gasteiger partial charge in [0, 0.05) is 0 Å². The minimum atomic E-state index is -5.03. The number of aliphatic carboxylic acids is 1. The lowest BCUT2D eigenvalue weighted by atomic mass is 9.91. The first-order valence-corrected chi connectivity index (χ1v) is 5.90. The van der Waals surface area contributed by atoms with Gasteiger partial charge in [-0.2, -0.15) is 13.2 Å². The molecule has 2 rings (SSSR count). The summed E-state index contributed by atoms with van der Waals surface area (Å²) in [5, 5.41) is 10.8. The maximum absolute atomic E-state index is 12.4. The summed E-state index contributed by atoms with van der Waals surface area (Å²) in [5.74, 6) is -3.35. The SMILES string of the molecule is O=C(O)CC1(NC(=O)C(F)(F)F)Cc2ccccc2C1. The van der Waals surface area contributed by atoms with Crippen LogP contribution in [0.15, 0.2) is 24.3 Å². The van der Waals surface area contributed by atoms with Crippen LogP contribution >= 0.6 is 0 Å². The highest BCUT2D eigenvalue weighted by molar-refractivity contribution is 5.83. The molecule has 7 heteroatoms. The Bertz CT molecular complexity index is 529. The van der Waals surface area contributed by atoms with Gasteiger partial charge >= 0.3 is 18.1 Å². The molecule has 20 heavy (non-hydrogen) atoms. The van der Waals surface area contributed by atoms with Gasteiger partial charge < -0.3 is 10.4 Å². The number of carboxylic acid groups (broad SMARTS) is 1. The maximum atomic E-state index is 12.4. The molecule has 0 fully saturated rings. The Morgan fingerprint density at radius 2 is 1.70 bits per heavy atom. The molecule has 1 aliphatic carbocycles. The van der Waals surface area contributed by atoms with Crippen molar-refractivity contribution in [2.24, 2.45) is 0 Å². The van der Waals surface area contributed by atoms with Crippen molar-refractivity contribution < 1.29 is 27.9 Å². The normalized spacial score (nSPS) is 16.6. The Labute approximate surface area is 112 Å². The van der Waals surface area contributed by atoms with Crippen molar-refractivity contribution in [2.45, 2.75) is 31.0 Å². The molecular weight excluding hydrogens is 275 g/mol. The number of carbonyl (C=O) groups excluding carboxylic acids is 1. The van der Waals surface area contributed by atoms with E-state index in [0.717, 1.165) is 11.1 Å². The zero-order valence-corrected chi connectivity index (χ0v) is 10.3. The first-order valence-electron chi connectivity index (χ1n) is 5.90. The van der Waals surface area contributed by atoms with E-state index >= 15 is 0 Å². The molecule has 1 amide bonds. The van der Waals surface area contributed by atoms with Crippen molar-refractivity contribution in [3.63, 3.8) is 0 Å². The zero-order chi connectivity index (χ0) is 15.0. The third-order valence-electron chi connectivity index (χ3n) is 3.30. The van der Waals surface area contributed by atoms with E-state index < -0.39 is 30.0 Å². The second kappa shape index (κ2) is 4.81. The number of benzene rings is 1. The summed E-state index contributed by atoms with van der Waals surface area (Å²) in [5.41, 5.74) is 0.106. The van der Waals surface area contributed by atoms with Crippen LogP contribution in [0.4, 0.5) is 13.2 Å². The lowest BCUT2D eigenvalue weighted by Gasteiger charge is -2.29. The maximum Gasteiger partial charge on any atom is 0.471 e. The summed E-state index contributed by atoms with van der Waals surface area (Å²) >= 11 is 0. The summed E-state index contributed by atoms with van der Waals surface area (Å²) in [6.45, 7) is 0. The second-order valence-electron chi connectivity index (χ2n) is 4.92. The van der Waals surface area contributed by atoms with Gasteiger partial charge in [-0.05, 0) is 24.0 Å². The third-order valence-corrected chi connectivity index (χ3v) is 3.30. The average Bonchev–Trinajstić information content (AvgIpc) is 2.63. The highest BCUT2D eigenvalue weighted by Gasteiger charge is 2.47. The van der Waals surface area contributed by atoms with Crippen molar-refractivity contribution >= 4 is 11.9 Å². The predicted octanol–water partition coefficient (Wildman–Crippen LogP) is 1.68. The van der Waals surface area contributed by atoms with Gasteiger partial charge in [-0.25, -0.2) is 0 Å². The van der Waals surface area contributed by atoms with Gasteiger partial charge in [0.05, 0.1) is 12.0 Å². The lowest BCUT2D eigenvalue weighted by molar-refractivity contribution is -0.176.